The van der Waals surface area contributed by atoms with Crippen LogP contribution in [0.15, 0.2) is 30.6 Å². The first kappa shape index (κ1) is 19.7. The van der Waals surface area contributed by atoms with Crippen LogP contribution in [-0.4, -0.2) is 32.7 Å². The Kier molecular flexibility index (Phi) is 5.89. The van der Waals surface area contributed by atoms with E-state index in [9.17, 15) is 18.0 Å². The summed E-state index contributed by atoms with van der Waals surface area (Å²) in [5, 5.41) is 6.92. The number of halogens is 3. The molecule has 2 aromatic rings. The number of benzene rings is 1. The quantitative estimate of drug-likeness (QED) is 0.879. The maximum absolute atomic E-state index is 12.6. The zero-order valence-electron chi connectivity index (χ0n) is 15.1. The van der Waals surface area contributed by atoms with Crippen molar-refractivity contribution in [2.24, 2.45) is 13.0 Å². The molecule has 0 spiro atoms. The highest BCUT2D eigenvalue weighted by Crippen LogP contribution is 2.29. The summed E-state index contributed by atoms with van der Waals surface area (Å²) in [7, 11) is 3.33. The molecule has 26 heavy (non-hydrogen) atoms. The smallest absolute Gasteiger partial charge is 0.328 e. The molecule has 0 fully saturated rings. The molecule has 0 bridgehead atoms. The van der Waals surface area contributed by atoms with E-state index in [0.717, 1.165) is 12.1 Å². The highest BCUT2D eigenvalue weighted by Gasteiger charge is 2.30. The molecule has 9 heteroatoms. The van der Waals surface area contributed by atoms with Crippen molar-refractivity contribution in [1.29, 1.82) is 0 Å². The molecule has 0 saturated carbocycles. The molecule has 6 nitrogen and oxygen atoms in total. The third-order valence-electron chi connectivity index (χ3n) is 4.02. The van der Waals surface area contributed by atoms with Crippen LogP contribution in [0.3, 0.4) is 0 Å². The lowest BCUT2D eigenvalue weighted by molar-refractivity contribution is -0.137. The van der Waals surface area contributed by atoms with E-state index >= 15 is 0 Å². The van der Waals surface area contributed by atoms with E-state index in [1.54, 1.807) is 18.8 Å². The van der Waals surface area contributed by atoms with Gasteiger partial charge in [-0.05, 0) is 23.6 Å². The number of hydrogen-bond acceptors (Lipinski definition) is 3. The molecule has 0 aliphatic carbocycles. The Balaban J connectivity index is 2.03. The van der Waals surface area contributed by atoms with Crippen molar-refractivity contribution in [1.82, 2.24) is 25.0 Å². The second-order valence-corrected chi connectivity index (χ2v) is 6.46. The van der Waals surface area contributed by atoms with Gasteiger partial charge in [-0.25, -0.2) is 9.78 Å². The number of nitrogens with zero attached hydrogens (tertiary/aromatic N) is 4. The number of hydrogen-bond donors (Lipinski definition) is 1. The molecule has 0 aliphatic heterocycles. The first-order valence-corrected chi connectivity index (χ1v) is 8.11. The van der Waals surface area contributed by atoms with Gasteiger partial charge in [0.1, 0.15) is 12.2 Å². The van der Waals surface area contributed by atoms with E-state index in [1.807, 2.05) is 13.8 Å². The van der Waals surface area contributed by atoms with E-state index < -0.39 is 11.7 Å². The summed E-state index contributed by atoms with van der Waals surface area (Å²) in [5.41, 5.74) is -0.106. The van der Waals surface area contributed by atoms with Gasteiger partial charge in [0.2, 0.25) is 0 Å². The third-order valence-corrected chi connectivity index (χ3v) is 4.02. The van der Waals surface area contributed by atoms with E-state index in [1.165, 1.54) is 23.4 Å². The molecule has 0 radical (unpaired) electrons. The summed E-state index contributed by atoms with van der Waals surface area (Å²) in [4.78, 5) is 18.1. The first-order valence-electron chi connectivity index (χ1n) is 8.11. The van der Waals surface area contributed by atoms with Gasteiger partial charge >= 0.3 is 12.2 Å². The number of amides is 2. The van der Waals surface area contributed by atoms with Gasteiger partial charge in [0, 0.05) is 20.6 Å². The average Bonchev–Trinajstić information content (AvgIpc) is 2.97. The fourth-order valence-corrected chi connectivity index (χ4v) is 2.50. The van der Waals surface area contributed by atoms with Crippen molar-refractivity contribution < 1.29 is 18.0 Å². The minimum absolute atomic E-state index is 0.0846. The van der Waals surface area contributed by atoms with Gasteiger partial charge in [-0.15, -0.1) is 0 Å². The van der Waals surface area contributed by atoms with Crippen LogP contribution in [0.25, 0.3) is 0 Å². The molecule has 1 heterocycles. The normalized spacial score (nSPS) is 12.9. The van der Waals surface area contributed by atoms with Crippen molar-refractivity contribution >= 4 is 6.03 Å². The number of carbonyl (C=O) groups is 1. The number of rotatable bonds is 5. The van der Waals surface area contributed by atoms with Crippen LogP contribution < -0.4 is 5.32 Å². The van der Waals surface area contributed by atoms with Gasteiger partial charge < -0.3 is 10.2 Å². The average molecular weight is 369 g/mol. The molecule has 1 aromatic carbocycles. The summed E-state index contributed by atoms with van der Waals surface area (Å²) in [6.45, 7) is 4.10. The van der Waals surface area contributed by atoms with Gasteiger partial charge in [0.15, 0.2) is 0 Å². The van der Waals surface area contributed by atoms with E-state index in [0.29, 0.717) is 11.4 Å². The molecule has 1 aromatic heterocycles. The van der Waals surface area contributed by atoms with Crippen LogP contribution in [0.4, 0.5) is 18.0 Å². The Morgan fingerprint density at radius 3 is 2.35 bits per heavy atom. The number of aryl methyl sites for hydroxylation is 1. The fourth-order valence-electron chi connectivity index (χ4n) is 2.50. The summed E-state index contributed by atoms with van der Waals surface area (Å²) in [6.07, 6.45) is -2.95. The maximum atomic E-state index is 12.6. The highest BCUT2D eigenvalue weighted by atomic mass is 19.4. The number of urea groups is 1. The number of aromatic nitrogens is 3. The van der Waals surface area contributed by atoms with Crippen molar-refractivity contribution in [3.8, 4) is 0 Å². The molecular weight excluding hydrogens is 347 g/mol. The van der Waals surface area contributed by atoms with Gasteiger partial charge in [0.05, 0.1) is 11.6 Å². The minimum Gasteiger partial charge on any atom is -0.328 e. The van der Waals surface area contributed by atoms with Crippen molar-refractivity contribution in [3.63, 3.8) is 0 Å². The number of carbonyl (C=O) groups excluding carboxylic acids is 1. The molecule has 1 atom stereocenters. The number of nitrogens with one attached hydrogen (secondary N) is 1. The van der Waals surface area contributed by atoms with Crippen LogP contribution in [0.2, 0.25) is 0 Å². The van der Waals surface area contributed by atoms with E-state index in [2.05, 4.69) is 15.4 Å². The minimum atomic E-state index is -4.37. The van der Waals surface area contributed by atoms with Crippen LogP contribution in [0.1, 0.15) is 36.8 Å². The monoisotopic (exact) mass is 369 g/mol. The van der Waals surface area contributed by atoms with Crippen molar-refractivity contribution in [2.45, 2.75) is 32.6 Å². The molecule has 0 saturated heterocycles. The first-order chi connectivity index (χ1) is 12.1. The predicted octanol–water partition coefficient (Wildman–Crippen LogP) is 3.37. The Hall–Kier alpha value is -2.58. The van der Waals surface area contributed by atoms with Crippen LogP contribution in [-0.2, 0) is 19.8 Å². The molecular formula is C17H22F3N5O. The van der Waals surface area contributed by atoms with Gasteiger partial charge in [-0.3, -0.25) is 4.68 Å². The molecule has 2 amide bonds. The van der Waals surface area contributed by atoms with Crippen molar-refractivity contribution in [2.75, 3.05) is 7.05 Å². The lowest BCUT2D eigenvalue weighted by Crippen LogP contribution is -2.41. The predicted molar refractivity (Wildman–Crippen MR) is 90.0 cm³/mol. The lowest BCUT2D eigenvalue weighted by Gasteiger charge is -2.25. The Bertz CT molecular complexity index is 740. The summed E-state index contributed by atoms with van der Waals surface area (Å²) in [6, 6.07) is 4.09. The van der Waals surface area contributed by atoms with Gasteiger partial charge in [-0.1, -0.05) is 26.0 Å². The maximum Gasteiger partial charge on any atom is 0.416 e. The second kappa shape index (κ2) is 7.76. The summed E-state index contributed by atoms with van der Waals surface area (Å²) >= 11 is 0. The topological polar surface area (TPSA) is 63.1 Å². The van der Waals surface area contributed by atoms with E-state index in [4.69, 9.17) is 0 Å². The SMILES string of the molecule is CC(C)[C@H](NC(=O)N(C)Cc1ccc(C(F)(F)F)cc1)c1ncnn1C. The molecule has 2 rings (SSSR count). The lowest BCUT2D eigenvalue weighted by atomic mass is 10.0. The number of alkyl halides is 3. The zero-order chi connectivity index (χ0) is 19.5. The summed E-state index contributed by atoms with van der Waals surface area (Å²) < 4.78 is 39.4. The Morgan fingerprint density at radius 2 is 1.88 bits per heavy atom. The van der Waals surface area contributed by atoms with Crippen molar-refractivity contribution in [3.05, 3.63) is 47.5 Å². The van der Waals surface area contributed by atoms with Crippen LogP contribution in [0.5, 0.6) is 0 Å². The molecule has 142 valence electrons. The van der Waals surface area contributed by atoms with Crippen LogP contribution in [0, 0.1) is 5.92 Å². The van der Waals surface area contributed by atoms with Gasteiger partial charge in [0.25, 0.3) is 0 Å². The fraction of sp³-hybridized carbons (Fsp3) is 0.471. The standard InChI is InChI=1S/C17H22F3N5O/c1-11(2)14(15-21-10-22-25(15)4)23-16(26)24(3)9-12-5-7-13(8-6-12)17(18,19)20/h5-8,10-11,14H,9H2,1-4H3,(H,23,26)/t14-/m0/s1. The van der Waals surface area contributed by atoms with Crippen LogP contribution >= 0.6 is 0 Å². The Labute approximate surface area is 150 Å². The molecule has 0 unspecified atom stereocenters. The van der Waals surface area contributed by atoms with Gasteiger partial charge in [-0.2, -0.15) is 18.3 Å². The largest absolute Gasteiger partial charge is 0.416 e. The summed E-state index contributed by atoms with van der Waals surface area (Å²) in [5.74, 6) is 0.720. The molecule has 1 N–H and O–H groups in total. The zero-order valence-corrected chi connectivity index (χ0v) is 15.1. The Morgan fingerprint density at radius 1 is 1.27 bits per heavy atom. The van der Waals surface area contributed by atoms with E-state index in [-0.39, 0.29) is 24.5 Å². The molecule has 0 aliphatic rings. The second-order valence-electron chi connectivity index (χ2n) is 6.46. The highest BCUT2D eigenvalue weighted by molar-refractivity contribution is 5.74. The third kappa shape index (κ3) is 4.74.